The van der Waals surface area contributed by atoms with Crippen LogP contribution in [0.15, 0.2) is 36.4 Å². The minimum Gasteiger partial charge on any atom is -0.493 e. The molecule has 2 rings (SSSR count). The first-order valence-electron chi connectivity index (χ1n) is 9.49. The van der Waals surface area contributed by atoms with Gasteiger partial charge in [-0.05, 0) is 49.2 Å². The van der Waals surface area contributed by atoms with Gasteiger partial charge in [-0.3, -0.25) is 9.59 Å². The fraction of sp³-hybridized carbons (Fsp3) is 0.364. The van der Waals surface area contributed by atoms with Crippen molar-refractivity contribution in [2.24, 2.45) is 0 Å². The number of rotatable bonds is 10. The van der Waals surface area contributed by atoms with E-state index in [0.717, 1.165) is 11.1 Å². The van der Waals surface area contributed by atoms with E-state index >= 15 is 0 Å². The van der Waals surface area contributed by atoms with E-state index in [1.165, 1.54) is 14.2 Å². The molecule has 162 valence electrons. The topological polar surface area (TPSA) is 106 Å². The number of carbonyl (C=O) groups excluding carboxylic acids is 2. The molecule has 2 amide bonds. The van der Waals surface area contributed by atoms with Crippen molar-refractivity contribution in [3.8, 4) is 17.2 Å². The third-order valence-electron chi connectivity index (χ3n) is 4.52. The third-order valence-corrected chi connectivity index (χ3v) is 4.52. The lowest BCUT2D eigenvalue weighted by Gasteiger charge is -2.17. The SMILES string of the molecule is COc1cccc(OC)c1OCC(O)CNC(=O)CNC(=O)c1ccc(C)c(C)c1. The van der Waals surface area contributed by atoms with Gasteiger partial charge in [-0.1, -0.05) is 12.1 Å². The van der Waals surface area contributed by atoms with Crippen LogP contribution in [0, 0.1) is 13.8 Å². The first kappa shape index (κ1) is 23.0. The van der Waals surface area contributed by atoms with Gasteiger partial charge in [0.25, 0.3) is 5.91 Å². The Balaban J connectivity index is 1.77. The molecule has 0 aromatic heterocycles. The van der Waals surface area contributed by atoms with Gasteiger partial charge in [0.15, 0.2) is 11.5 Å². The maximum Gasteiger partial charge on any atom is 0.251 e. The smallest absolute Gasteiger partial charge is 0.251 e. The first-order valence-corrected chi connectivity index (χ1v) is 9.49. The van der Waals surface area contributed by atoms with E-state index in [1.54, 1.807) is 30.3 Å². The molecule has 30 heavy (non-hydrogen) atoms. The van der Waals surface area contributed by atoms with Gasteiger partial charge in [-0.2, -0.15) is 0 Å². The predicted octanol–water partition coefficient (Wildman–Crippen LogP) is 1.61. The van der Waals surface area contributed by atoms with E-state index in [1.807, 2.05) is 19.9 Å². The van der Waals surface area contributed by atoms with E-state index < -0.39 is 12.0 Å². The number of hydrogen-bond acceptors (Lipinski definition) is 6. The van der Waals surface area contributed by atoms with E-state index in [2.05, 4.69) is 10.6 Å². The maximum atomic E-state index is 12.1. The summed E-state index contributed by atoms with van der Waals surface area (Å²) in [6, 6.07) is 10.5. The summed E-state index contributed by atoms with van der Waals surface area (Å²) in [5.41, 5.74) is 2.58. The molecule has 0 saturated carbocycles. The number of aliphatic hydroxyl groups excluding tert-OH is 1. The summed E-state index contributed by atoms with van der Waals surface area (Å²) in [5, 5.41) is 15.2. The third kappa shape index (κ3) is 6.38. The van der Waals surface area contributed by atoms with Gasteiger partial charge in [0.2, 0.25) is 11.7 Å². The number of aliphatic hydroxyl groups is 1. The number of para-hydroxylation sites is 1. The minimum atomic E-state index is -0.959. The quantitative estimate of drug-likeness (QED) is 0.543. The zero-order valence-electron chi connectivity index (χ0n) is 17.7. The Morgan fingerprint density at radius 3 is 2.27 bits per heavy atom. The normalized spacial score (nSPS) is 11.4. The predicted molar refractivity (Wildman–Crippen MR) is 112 cm³/mol. The highest BCUT2D eigenvalue weighted by molar-refractivity contribution is 5.96. The largest absolute Gasteiger partial charge is 0.493 e. The summed E-state index contributed by atoms with van der Waals surface area (Å²) >= 11 is 0. The number of ether oxygens (including phenoxy) is 3. The van der Waals surface area contributed by atoms with Crippen LogP contribution < -0.4 is 24.8 Å². The molecule has 0 aliphatic heterocycles. The second-order valence-electron chi connectivity index (χ2n) is 6.74. The zero-order chi connectivity index (χ0) is 22.1. The van der Waals surface area contributed by atoms with Gasteiger partial charge in [0.05, 0.1) is 20.8 Å². The molecule has 0 fully saturated rings. The molecule has 0 radical (unpaired) electrons. The Hall–Kier alpha value is -3.26. The number of amides is 2. The summed E-state index contributed by atoms with van der Waals surface area (Å²) in [6.45, 7) is 3.58. The second kappa shape index (κ2) is 11.1. The lowest BCUT2D eigenvalue weighted by atomic mass is 10.1. The average molecular weight is 416 g/mol. The van der Waals surface area contributed by atoms with E-state index in [-0.39, 0.29) is 25.6 Å². The summed E-state index contributed by atoms with van der Waals surface area (Å²) in [6.07, 6.45) is -0.959. The Labute approximate surface area is 176 Å². The van der Waals surface area contributed by atoms with Gasteiger partial charge in [0.1, 0.15) is 12.7 Å². The van der Waals surface area contributed by atoms with E-state index in [9.17, 15) is 14.7 Å². The van der Waals surface area contributed by atoms with Crippen LogP contribution in [0.3, 0.4) is 0 Å². The number of carbonyl (C=O) groups is 2. The molecule has 0 saturated heterocycles. The van der Waals surface area contributed by atoms with Crippen LogP contribution in [0.2, 0.25) is 0 Å². The molecular formula is C22H28N2O6. The fourth-order valence-corrected chi connectivity index (χ4v) is 2.64. The highest BCUT2D eigenvalue weighted by Gasteiger charge is 2.15. The Morgan fingerprint density at radius 1 is 1.00 bits per heavy atom. The van der Waals surface area contributed by atoms with Gasteiger partial charge in [-0.25, -0.2) is 0 Å². The van der Waals surface area contributed by atoms with Crippen molar-refractivity contribution in [2.75, 3.05) is 33.9 Å². The molecule has 0 heterocycles. The summed E-state index contributed by atoms with van der Waals surface area (Å²) in [4.78, 5) is 24.1. The van der Waals surface area contributed by atoms with Crippen molar-refractivity contribution in [1.29, 1.82) is 0 Å². The monoisotopic (exact) mass is 416 g/mol. The zero-order valence-corrected chi connectivity index (χ0v) is 17.7. The van der Waals surface area contributed by atoms with Gasteiger partial charge >= 0.3 is 0 Å². The summed E-state index contributed by atoms with van der Waals surface area (Å²) in [7, 11) is 3.01. The molecule has 3 N–H and O–H groups in total. The van der Waals surface area contributed by atoms with Crippen LogP contribution in [-0.4, -0.2) is 56.9 Å². The number of aryl methyl sites for hydroxylation is 2. The second-order valence-corrected chi connectivity index (χ2v) is 6.74. The van der Waals surface area contributed by atoms with Crippen LogP contribution in [0.25, 0.3) is 0 Å². The molecule has 1 atom stereocenters. The molecular weight excluding hydrogens is 388 g/mol. The van der Waals surface area contributed by atoms with Crippen molar-refractivity contribution in [1.82, 2.24) is 10.6 Å². The van der Waals surface area contributed by atoms with Gasteiger partial charge in [0, 0.05) is 12.1 Å². The molecule has 0 spiro atoms. The molecule has 2 aromatic carbocycles. The Bertz CT molecular complexity index is 862. The molecule has 0 aliphatic carbocycles. The minimum absolute atomic E-state index is 0.0319. The van der Waals surface area contributed by atoms with Crippen molar-refractivity contribution in [2.45, 2.75) is 20.0 Å². The van der Waals surface area contributed by atoms with E-state index in [0.29, 0.717) is 22.8 Å². The van der Waals surface area contributed by atoms with Crippen molar-refractivity contribution in [3.05, 3.63) is 53.1 Å². The van der Waals surface area contributed by atoms with Crippen LogP contribution in [0.5, 0.6) is 17.2 Å². The summed E-state index contributed by atoms with van der Waals surface area (Å²) < 4.78 is 16.1. The molecule has 8 heteroatoms. The summed E-state index contributed by atoms with van der Waals surface area (Å²) in [5.74, 6) is 0.564. The number of methoxy groups -OCH3 is 2. The van der Waals surface area contributed by atoms with Crippen molar-refractivity contribution >= 4 is 11.8 Å². The van der Waals surface area contributed by atoms with Crippen LogP contribution in [-0.2, 0) is 4.79 Å². The molecule has 2 aromatic rings. The van der Waals surface area contributed by atoms with Crippen LogP contribution in [0.1, 0.15) is 21.5 Å². The molecule has 0 bridgehead atoms. The van der Waals surface area contributed by atoms with Crippen molar-refractivity contribution in [3.63, 3.8) is 0 Å². The van der Waals surface area contributed by atoms with Crippen LogP contribution >= 0.6 is 0 Å². The highest BCUT2D eigenvalue weighted by Crippen LogP contribution is 2.36. The molecule has 8 nitrogen and oxygen atoms in total. The molecule has 0 aliphatic rings. The highest BCUT2D eigenvalue weighted by atomic mass is 16.5. The average Bonchev–Trinajstić information content (AvgIpc) is 2.75. The van der Waals surface area contributed by atoms with Crippen molar-refractivity contribution < 1.29 is 28.9 Å². The Kier molecular flexibility index (Phi) is 8.49. The maximum absolute atomic E-state index is 12.1. The molecule has 1 unspecified atom stereocenters. The van der Waals surface area contributed by atoms with E-state index in [4.69, 9.17) is 14.2 Å². The number of benzene rings is 2. The van der Waals surface area contributed by atoms with Gasteiger partial charge < -0.3 is 30.0 Å². The first-order chi connectivity index (χ1) is 14.3. The fourth-order valence-electron chi connectivity index (χ4n) is 2.64. The van der Waals surface area contributed by atoms with Crippen LogP contribution in [0.4, 0.5) is 0 Å². The Morgan fingerprint density at radius 2 is 1.67 bits per heavy atom. The lowest BCUT2D eigenvalue weighted by molar-refractivity contribution is -0.120. The van der Waals surface area contributed by atoms with Gasteiger partial charge in [-0.15, -0.1) is 0 Å². The number of hydrogen-bond donors (Lipinski definition) is 3. The number of nitrogens with one attached hydrogen (secondary N) is 2. The standard InChI is InChI=1S/C22H28N2O6/c1-14-8-9-16(10-15(14)2)22(27)24-12-20(26)23-11-17(25)13-30-21-18(28-3)6-5-7-19(21)29-4/h5-10,17,25H,11-13H2,1-4H3,(H,23,26)(H,24,27). The lowest BCUT2D eigenvalue weighted by Crippen LogP contribution is -2.41.